The van der Waals surface area contributed by atoms with Gasteiger partial charge in [0.15, 0.2) is 11.5 Å². The molecular formula is C17H22N2O5. The molecule has 0 saturated heterocycles. The first-order chi connectivity index (χ1) is 11.7. The number of carbonyl (C=O) groups excluding carboxylic acids is 1. The number of nitrogens with one attached hydrogen (secondary N) is 1. The largest absolute Gasteiger partial charge is 0.493 e. The molecule has 0 fully saturated rings. The van der Waals surface area contributed by atoms with Crippen molar-refractivity contribution < 1.29 is 23.4 Å². The van der Waals surface area contributed by atoms with Crippen LogP contribution in [-0.2, 0) is 11.3 Å². The number of furan rings is 1. The van der Waals surface area contributed by atoms with Crippen molar-refractivity contribution in [3.05, 3.63) is 42.4 Å². The Hall–Kier alpha value is -2.67. The molecule has 2 amide bonds. The SMILES string of the molecule is COCCN(Cc1ccoc1)C(=O)Nc1cccc(OC)c1OC. The van der Waals surface area contributed by atoms with Crippen LogP contribution in [0.15, 0.2) is 41.2 Å². The summed E-state index contributed by atoms with van der Waals surface area (Å²) in [6.07, 6.45) is 3.19. The van der Waals surface area contributed by atoms with Gasteiger partial charge in [-0.2, -0.15) is 0 Å². The minimum atomic E-state index is -0.264. The number of benzene rings is 1. The zero-order valence-corrected chi connectivity index (χ0v) is 14.1. The van der Waals surface area contributed by atoms with Crippen LogP contribution >= 0.6 is 0 Å². The van der Waals surface area contributed by atoms with Gasteiger partial charge < -0.3 is 28.8 Å². The lowest BCUT2D eigenvalue weighted by molar-refractivity contribution is 0.152. The minimum absolute atomic E-state index is 0.264. The molecule has 0 spiro atoms. The number of para-hydroxylation sites is 1. The summed E-state index contributed by atoms with van der Waals surface area (Å²) in [5.41, 5.74) is 1.44. The summed E-state index contributed by atoms with van der Waals surface area (Å²) < 4.78 is 20.7. The van der Waals surface area contributed by atoms with Crippen LogP contribution < -0.4 is 14.8 Å². The first-order valence-electron chi connectivity index (χ1n) is 7.46. The van der Waals surface area contributed by atoms with Crippen molar-refractivity contribution in [1.29, 1.82) is 0 Å². The number of methoxy groups -OCH3 is 3. The molecule has 0 saturated carbocycles. The standard InChI is InChI=1S/C17H22N2O5/c1-21-10-8-19(11-13-7-9-24-12-13)17(20)18-14-5-4-6-15(22-2)16(14)23-3/h4-7,9,12H,8,10-11H2,1-3H3,(H,18,20). The van der Waals surface area contributed by atoms with Crippen LogP contribution in [0.3, 0.4) is 0 Å². The van der Waals surface area contributed by atoms with Crippen LogP contribution in [0.1, 0.15) is 5.56 Å². The number of hydrogen-bond acceptors (Lipinski definition) is 5. The van der Waals surface area contributed by atoms with E-state index >= 15 is 0 Å². The maximum absolute atomic E-state index is 12.6. The van der Waals surface area contributed by atoms with E-state index in [1.165, 1.54) is 7.11 Å². The number of nitrogens with zero attached hydrogens (tertiary/aromatic N) is 1. The molecule has 0 bridgehead atoms. The lowest BCUT2D eigenvalue weighted by atomic mass is 10.2. The molecule has 0 aliphatic rings. The van der Waals surface area contributed by atoms with Gasteiger partial charge in [0, 0.05) is 19.2 Å². The van der Waals surface area contributed by atoms with Gasteiger partial charge >= 0.3 is 6.03 Å². The van der Waals surface area contributed by atoms with Gasteiger partial charge in [-0.1, -0.05) is 6.07 Å². The normalized spacial score (nSPS) is 10.3. The molecule has 2 aromatic rings. The number of rotatable bonds is 8. The number of hydrogen-bond donors (Lipinski definition) is 1. The van der Waals surface area contributed by atoms with E-state index in [9.17, 15) is 4.79 Å². The van der Waals surface area contributed by atoms with Gasteiger partial charge in [0.1, 0.15) is 0 Å². The first-order valence-corrected chi connectivity index (χ1v) is 7.46. The zero-order chi connectivity index (χ0) is 17.4. The molecule has 1 N–H and O–H groups in total. The number of urea groups is 1. The second kappa shape index (κ2) is 8.83. The van der Waals surface area contributed by atoms with Crippen LogP contribution in [-0.4, -0.2) is 45.4 Å². The summed E-state index contributed by atoms with van der Waals surface area (Å²) in [6.45, 7) is 1.29. The van der Waals surface area contributed by atoms with Crippen LogP contribution in [0.25, 0.3) is 0 Å². The maximum Gasteiger partial charge on any atom is 0.322 e. The smallest absolute Gasteiger partial charge is 0.322 e. The molecule has 0 unspecified atom stereocenters. The van der Waals surface area contributed by atoms with Crippen LogP contribution in [0.4, 0.5) is 10.5 Å². The predicted molar refractivity (Wildman–Crippen MR) is 89.6 cm³/mol. The first kappa shape index (κ1) is 17.7. The topological polar surface area (TPSA) is 73.2 Å². The van der Waals surface area contributed by atoms with Crippen molar-refractivity contribution in [2.75, 3.05) is 39.8 Å². The molecule has 130 valence electrons. The van der Waals surface area contributed by atoms with Gasteiger partial charge in [-0.15, -0.1) is 0 Å². The Morgan fingerprint density at radius 2 is 2.04 bits per heavy atom. The highest BCUT2D eigenvalue weighted by Gasteiger charge is 2.18. The van der Waals surface area contributed by atoms with Gasteiger partial charge in [0.25, 0.3) is 0 Å². The molecule has 24 heavy (non-hydrogen) atoms. The van der Waals surface area contributed by atoms with Crippen molar-refractivity contribution in [3.63, 3.8) is 0 Å². The lowest BCUT2D eigenvalue weighted by Crippen LogP contribution is -2.36. The summed E-state index contributed by atoms with van der Waals surface area (Å²) in [5.74, 6) is 1.02. The van der Waals surface area contributed by atoms with Gasteiger partial charge in [-0.25, -0.2) is 4.79 Å². The maximum atomic E-state index is 12.6. The van der Waals surface area contributed by atoms with Gasteiger partial charge in [-0.05, 0) is 18.2 Å². The van der Waals surface area contributed by atoms with E-state index in [2.05, 4.69) is 5.32 Å². The molecule has 0 aliphatic heterocycles. The van der Waals surface area contributed by atoms with Gasteiger partial charge in [0.2, 0.25) is 0 Å². The Bertz CT molecular complexity index is 642. The summed E-state index contributed by atoms with van der Waals surface area (Å²) in [7, 11) is 4.67. The average Bonchev–Trinajstić information content (AvgIpc) is 3.11. The molecule has 1 heterocycles. The highest BCUT2D eigenvalue weighted by molar-refractivity contribution is 5.91. The molecule has 2 rings (SSSR count). The second-order valence-corrected chi connectivity index (χ2v) is 5.02. The van der Waals surface area contributed by atoms with Crippen molar-refractivity contribution in [1.82, 2.24) is 4.90 Å². The highest BCUT2D eigenvalue weighted by Crippen LogP contribution is 2.34. The van der Waals surface area contributed by atoms with E-state index in [4.69, 9.17) is 18.6 Å². The molecule has 1 aromatic heterocycles. The van der Waals surface area contributed by atoms with Crippen molar-refractivity contribution >= 4 is 11.7 Å². The highest BCUT2D eigenvalue weighted by atomic mass is 16.5. The third-order valence-electron chi connectivity index (χ3n) is 3.45. The fraction of sp³-hybridized carbons (Fsp3) is 0.353. The van der Waals surface area contributed by atoms with Crippen molar-refractivity contribution in [2.24, 2.45) is 0 Å². The van der Waals surface area contributed by atoms with Crippen molar-refractivity contribution in [3.8, 4) is 11.5 Å². The summed E-state index contributed by atoms with van der Waals surface area (Å²) in [6, 6.07) is 6.86. The number of ether oxygens (including phenoxy) is 3. The predicted octanol–water partition coefficient (Wildman–Crippen LogP) is 2.98. The second-order valence-electron chi connectivity index (χ2n) is 5.02. The third kappa shape index (κ3) is 4.42. The number of amides is 2. The molecule has 1 aromatic carbocycles. The monoisotopic (exact) mass is 334 g/mol. The quantitative estimate of drug-likeness (QED) is 0.803. The summed E-state index contributed by atoms with van der Waals surface area (Å²) in [4.78, 5) is 14.3. The fourth-order valence-electron chi connectivity index (χ4n) is 2.24. The van der Waals surface area contributed by atoms with Crippen LogP contribution in [0.5, 0.6) is 11.5 Å². The number of anilines is 1. The van der Waals surface area contributed by atoms with E-state index in [-0.39, 0.29) is 6.03 Å². The van der Waals surface area contributed by atoms with E-state index < -0.39 is 0 Å². The number of carbonyl (C=O) groups is 1. The molecule has 7 nitrogen and oxygen atoms in total. The van der Waals surface area contributed by atoms with E-state index in [0.29, 0.717) is 36.9 Å². The molecule has 7 heteroatoms. The Morgan fingerprint density at radius 1 is 1.21 bits per heavy atom. The van der Waals surface area contributed by atoms with E-state index in [1.807, 2.05) is 6.07 Å². The van der Waals surface area contributed by atoms with E-state index in [1.54, 1.807) is 49.8 Å². The van der Waals surface area contributed by atoms with E-state index in [0.717, 1.165) is 5.56 Å². The van der Waals surface area contributed by atoms with Crippen molar-refractivity contribution in [2.45, 2.75) is 6.54 Å². The van der Waals surface area contributed by atoms with Gasteiger partial charge in [0.05, 0.1) is 45.6 Å². The molecular weight excluding hydrogens is 312 g/mol. The third-order valence-corrected chi connectivity index (χ3v) is 3.45. The fourth-order valence-corrected chi connectivity index (χ4v) is 2.24. The molecule has 0 aliphatic carbocycles. The molecule has 0 atom stereocenters. The van der Waals surface area contributed by atoms with Crippen LogP contribution in [0, 0.1) is 0 Å². The average molecular weight is 334 g/mol. The Kier molecular flexibility index (Phi) is 6.51. The lowest BCUT2D eigenvalue weighted by Gasteiger charge is -2.23. The van der Waals surface area contributed by atoms with Crippen LogP contribution in [0.2, 0.25) is 0 Å². The minimum Gasteiger partial charge on any atom is -0.493 e. The zero-order valence-electron chi connectivity index (χ0n) is 14.1. The Morgan fingerprint density at radius 3 is 2.67 bits per heavy atom. The summed E-state index contributed by atoms with van der Waals surface area (Å²) >= 11 is 0. The molecule has 0 radical (unpaired) electrons. The summed E-state index contributed by atoms with van der Waals surface area (Å²) in [5, 5.41) is 2.85. The Labute approximate surface area is 141 Å². The van der Waals surface area contributed by atoms with Gasteiger partial charge in [-0.3, -0.25) is 0 Å². The Balaban J connectivity index is 2.14.